The molecule has 0 bridgehead atoms. The standard InChI is InChI=1S/C24H27N3O5S/c28-22(17-27-23(29)20-7-3-4-8-21(20)24(27)30)25-14-13-18-9-11-19(12-10-18)33(31,32)26-15-5-1-2-6-16-26/h3-4,7-12H,1-2,5-6,13-17H2,(H,25,28). The van der Waals surface area contributed by atoms with Gasteiger partial charge in [-0.15, -0.1) is 0 Å². The molecule has 3 amide bonds. The van der Waals surface area contributed by atoms with Gasteiger partial charge in [-0.3, -0.25) is 19.3 Å². The lowest BCUT2D eigenvalue weighted by Crippen LogP contribution is -2.40. The lowest BCUT2D eigenvalue weighted by atomic mass is 10.1. The second-order valence-electron chi connectivity index (χ2n) is 8.30. The van der Waals surface area contributed by atoms with Crippen LogP contribution in [0.1, 0.15) is 52.0 Å². The van der Waals surface area contributed by atoms with Crippen LogP contribution in [0.2, 0.25) is 0 Å². The Morgan fingerprint density at radius 1 is 0.848 bits per heavy atom. The minimum absolute atomic E-state index is 0.280. The van der Waals surface area contributed by atoms with Crippen LogP contribution in [0.4, 0.5) is 0 Å². The van der Waals surface area contributed by atoms with E-state index in [0.29, 0.717) is 37.2 Å². The Hall–Kier alpha value is -3.04. The van der Waals surface area contributed by atoms with Gasteiger partial charge in [-0.25, -0.2) is 8.42 Å². The Morgan fingerprint density at radius 3 is 2.00 bits per heavy atom. The molecule has 1 N–H and O–H groups in total. The zero-order valence-electron chi connectivity index (χ0n) is 18.3. The molecule has 174 valence electrons. The molecule has 4 rings (SSSR count). The highest BCUT2D eigenvalue weighted by molar-refractivity contribution is 7.89. The summed E-state index contributed by atoms with van der Waals surface area (Å²) in [4.78, 5) is 38.2. The number of amides is 3. The minimum Gasteiger partial charge on any atom is -0.354 e. The van der Waals surface area contributed by atoms with E-state index in [1.807, 2.05) is 0 Å². The fraction of sp³-hybridized carbons (Fsp3) is 0.375. The molecule has 8 nitrogen and oxygen atoms in total. The summed E-state index contributed by atoms with van der Waals surface area (Å²) in [5.41, 5.74) is 1.50. The molecule has 0 aromatic heterocycles. The van der Waals surface area contributed by atoms with Gasteiger partial charge in [-0.2, -0.15) is 4.31 Å². The SMILES string of the molecule is O=C(CN1C(=O)c2ccccc2C1=O)NCCc1ccc(S(=O)(=O)N2CCCCCC2)cc1. The van der Waals surface area contributed by atoms with E-state index in [4.69, 9.17) is 0 Å². The first kappa shape index (κ1) is 23.1. The van der Waals surface area contributed by atoms with Gasteiger partial charge in [0.1, 0.15) is 6.54 Å². The quantitative estimate of drug-likeness (QED) is 0.626. The predicted octanol–water partition coefficient (Wildman–Crippen LogP) is 2.21. The molecule has 33 heavy (non-hydrogen) atoms. The molecule has 1 saturated heterocycles. The minimum atomic E-state index is -3.49. The third-order valence-corrected chi connectivity index (χ3v) is 7.95. The van der Waals surface area contributed by atoms with Crippen molar-refractivity contribution in [1.29, 1.82) is 0 Å². The van der Waals surface area contributed by atoms with Crippen LogP contribution in [0.25, 0.3) is 0 Å². The van der Waals surface area contributed by atoms with Gasteiger partial charge < -0.3 is 5.32 Å². The molecule has 0 atom stereocenters. The van der Waals surface area contributed by atoms with Gasteiger partial charge in [0, 0.05) is 19.6 Å². The van der Waals surface area contributed by atoms with Crippen LogP contribution < -0.4 is 5.32 Å². The van der Waals surface area contributed by atoms with Gasteiger partial charge >= 0.3 is 0 Å². The van der Waals surface area contributed by atoms with Crippen molar-refractivity contribution in [3.8, 4) is 0 Å². The molecule has 1 fully saturated rings. The molecule has 2 aromatic rings. The summed E-state index contributed by atoms with van der Waals surface area (Å²) in [6.45, 7) is 1.09. The van der Waals surface area contributed by atoms with Crippen LogP contribution in [0.15, 0.2) is 53.4 Å². The smallest absolute Gasteiger partial charge is 0.262 e. The summed E-state index contributed by atoms with van der Waals surface area (Å²) in [5.74, 6) is -1.36. The molecule has 2 heterocycles. The summed E-state index contributed by atoms with van der Waals surface area (Å²) in [7, 11) is -3.49. The maximum atomic E-state index is 12.9. The highest BCUT2D eigenvalue weighted by atomic mass is 32.2. The summed E-state index contributed by atoms with van der Waals surface area (Å²) >= 11 is 0. The van der Waals surface area contributed by atoms with Gasteiger partial charge in [0.2, 0.25) is 15.9 Å². The number of hydrogen-bond acceptors (Lipinski definition) is 5. The Bertz CT molecular complexity index is 1120. The number of sulfonamides is 1. The maximum absolute atomic E-state index is 12.9. The average molecular weight is 470 g/mol. The van der Waals surface area contributed by atoms with Crippen molar-refractivity contribution in [2.24, 2.45) is 0 Å². The Morgan fingerprint density at radius 2 is 1.42 bits per heavy atom. The van der Waals surface area contributed by atoms with E-state index in [1.54, 1.807) is 52.8 Å². The van der Waals surface area contributed by atoms with Crippen molar-refractivity contribution in [2.45, 2.75) is 37.0 Å². The number of nitrogens with one attached hydrogen (secondary N) is 1. The number of rotatable bonds is 7. The molecular formula is C24H27N3O5S. The van der Waals surface area contributed by atoms with Crippen molar-refractivity contribution in [3.63, 3.8) is 0 Å². The largest absolute Gasteiger partial charge is 0.354 e. The number of carbonyl (C=O) groups is 3. The monoisotopic (exact) mass is 469 g/mol. The van der Waals surface area contributed by atoms with Crippen LogP contribution in [0.3, 0.4) is 0 Å². The molecule has 0 spiro atoms. The Kier molecular flexibility index (Phi) is 6.90. The van der Waals surface area contributed by atoms with Crippen LogP contribution in [-0.2, 0) is 21.2 Å². The number of imide groups is 1. The van der Waals surface area contributed by atoms with E-state index >= 15 is 0 Å². The van der Waals surface area contributed by atoms with Crippen LogP contribution in [-0.4, -0.2) is 61.5 Å². The zero-order valence-corrected chi connectivity index (χ0v) is 19.1. The second kappa shape index (κ2) is 9.84. The zero-order chi connectivity index (χ0) is 23.4. The van der Waals surface area contributed by atoms with E-state index < -0.39 is 27.7 Å². The highest BCUT2D eigenvalue weighted by Crippen LogP contribution is 2.22. The molecule has 9 heteroatoms. The van der Waals surface area contributed by atoms with Gasteiger partial charge in [0.25, 0.3) is 11.8 Å². The first-order valence-electron chi connectivity index (χ1n) is 11.2. The lowest BCUT2D eigenvalue weighted by Gasteiger charge is -2.20. The highest BCUT2D eigenvalue weighted by Gasteiger charge is 2.36. The van der Waals surface area contributed by atoms with Gasteiger partial charge in [0.05, 0.1) is 16.0 Å². The molecule has 0 aliphatic carbocycles. The molecule has 2 aromatic carbocycles. The summed E-state index contributed by atoms with van der Waals surface area (Å²) < 4.78 is 27.3. The average Bonchev–Trinajstić information content (AvgIpc) is 3.01. The van der Waals surface area contributed by atoms with Crippen LogP contribution >= 0.6 is 0 Å². The van der Waals surface area contributed by atoms with Gasteiger partial charge in [-0.1, -0.05) is 37.1 Å². The fourth-order valence-corrected chi connectivity index (χ4v) is 5.70. The number of nitrogens with zero attached hydrogens (tertiary/aromatic N) is 2. The Labute approximate surface area is 193 Å². The topological polar surface area (TPSA) is 104 Å². The van der Waals surface area contributed by atoms with Gasteiger partial charge in [-0.05, 0) is 49.1 Å². The molecule has 0 radical (unpaired) electrons. The molecule has 0 saturated carbocycles. The van der Waals surface area contributed by atoms with E-state index in [2.05, 4.69) is 5.32 Å². The number of benzene rings is 2. The lowest BCUT2D eigenvalue weighted by molar-refractivity contribution is -0.121. The summed E-state index contributed by atoms with van der Waals surface area (Å²) in [5, 5.41) is 2.72. The van der Waals surface area contributed by atoms with Crippen molar-refractivity contribution in [1.82, 2.24) is 14.5 Å². The maximum Gasteiger partial charge on any atom is 0.262 e. The fourth-order valence-electron chi connectivity index (χ4n) is 4.19. The number of carbonyl (C=O) groups excluding carboxylic acids is 3. The van der Waals surface area contributed by atoms with Crippen LogP contribution in [0.5, 0.6) is 0 Å². The summed E-state index contributed by atoms with van der Waals surface area (Å²) in [6, 6.07) is 13.2. The first-order chi connectivity index (χ1) is 15.9. The number of hydrogen-bond donors (Lipinski definition) is 1. The second-order valence-corrected chi connectivity index (χ2v) is 10.2. The van der Waals surface area contributed by atoms with E-state index in [9.17, 15) is 22.8 Å². The van der Waals surface area contributed by atoms with Crippen molar-refractivity contribution >= 4 is 27.7 Å². The molecular weight excluding hydrogens is 442 g/mol. The van der Waals surface area contributed by atoms with E-state index in [1.165, 1.54) is 0 Å². The molecule has 2 aliphatic heterocycles. The third kappa shape index (κ3) is 4.99. The third-order valence-electron chi connectivity index (χ3n) is 6.04. The normalized spacial score (nSPS) is 17.0. The van der Waals surface area contributed by atoms with Crippen molar-refractivity contribution in [2.75, 3.05) is 26.2 Å². The molecule has 2 aliphatic rings. The molecule has 0 unspecified atom stereocenters. The number of fused-ring (bicyclic) bond motifs is 1. The van der Waals surface area contributed by atoms with Gasteiger partial charge in [0.15, 0.2) is 0 Å². The van der Waals surface area contributed by atoms with E-state index in [-0.39, 0.29) is 11.4 Å². The Balaban J connectivity index is 1.28. The van der Waals surface area contributed by atoms with Crippen molar-refractivity contribution in [3.05, 3.63) is 65.2 Å². The van der Waals surface area contributed by atoms with E-state index in [0.717, 1.165) is 36.1 Å². The summed E-state index contributed by atoms with van der Waals surface area (Å²) in [6.07, 6.45) is 4.39. The first-order valence-corrected chi connectivity index (χ1v) is 12.6. The predicted molar refractivity (Wildman–Crippen MR) is 122 cm³/mol. The van der Waals surface area contributed by atoms with Crippen LogP contribution in [0, 0.1) is 0 Å². The van der Waals surface area contributed by atoms with Crippen molar-refractivity contribution < 1.29 is 22.8 Å².